The second kappa shape index (κ2) is 8.97. The molecular formula is C20H25FN2O4. The van der Waals surface area contributed by atoms with Gasteiger partial charge in [-0.1, -0.05) is 38.2 Å². The summed E-state index contributed by atoms with van der Waals surface area (Å²) in [6.07, 6.45) is 7.61. The quantitative estimate of drug-likeness (QED) is 0.791. The van der Waals surface area contributed by atoms with Crippen LogP contribution < -0.4 is 10.6 Å². The van der Waals surface area contributed by atoms with Gasteiger partial charge in [-0.25, -0.2) is 4.39 Å². The minimum absolute atomic E-state index is 0.0816. The Morgan fingerprint density at radius 3 is 2.59 bits per heavy atom. The molecule has 6 nitrogen and oxygen atoms in total. The van der Waals surface area contributed by atoms with Crippen LogP contribution in [0.2, 0.25) is 0 Å². The number of ether oxygens (including phenoxy) is 1. The Hall–Kier alpha value is -2.44. The molecule has 2 aliphatic rings. The number of hydrogen-bond donors (Lipinski definition) is 2. The van der Waals surface area contributed by atoms with Gasteiger partial charge in [0, 0.05) is 18.2 Å². The van der Waals surface area contributed by atoms with Crippen molar-refractivity contribution in [2.75, 3.05) is 11.9 Å². The lowest BCUT2D eigenvalue weighted by atomic mass is 9.90. The van der Waals surface area contributed by atoms with Gasteiger partial charge in [0.15, 0.2) is 6.61 Å². The van der Waals surface area contributed by atoms with Gasteiger partial charge in [-0.2, -0.15) is 0 Å². The molecule has 0 spiro atoms. The molecule has 1 aliphatic heterocycles. The Kier molecular flexibility index (Phi) is 6.42. The zero-order valence-electron chi connectivity index (χ0n) is 15.3. The Morgan fingerprint density at radius 1 is 1.15 bits per heavy atom. The molecule has 2 N–H and O–H groups in total. The summed E-state index contributed by atoms with van der Waals surface area (Å²) in [6.45, 7) is -0.371. The van der Waals surface area contributed by atoms with Crippen LogP contribution in [-0.4, -0.2) is 30.4 Å². The van der Waals surface area contributed by atoms with E-state index in [1.54, 1.807) is 0 Å². The molecule has 1 heterocycles. The Labute approximate surface area is 157 Å². The predicted octanol–water partition coefficient (Wildman–Crippen LogP) is 3.02. The Bertz CT molecular complexity index is 714. The van der Waals surface area contributed by atoms with Crippen molar-refractivity contribution in [3.63, 3.8) is 0 Å². The fourth-order valence-corrected chi connectivity index (χ4v) is 3.75. The second-order valence-electron chi connectivity index (χ2n) is 7.25. The molecule has 0 saturated heterocycles. The maximum Gasteiger partial charge on any atom is 0.314 e. The summed E-state index contributed by atoms with van der Waals surface area (Å²) in [6, 6.07) is 4.00. The molecule has 1 atom stereocenters. The number of fused-ring (bicyclic) bond motifs is 1. The molecule has 1 saturated carbocycles. The van der Waals surface area contributed by atoms with E-state index in [2.05, 4.69) is 10.6 Å². The number of carbonyl (C=O) groups is 3. The summed E-state index contributed by atoms with van der Waals surface area (Å²) in [5, 5.41) is 5.48. The normalized spacial score (nSPS) is 20.6. The zero-order valence-corrected chi connectivity index (χ0v) is 15.3. The van der Waals surface area contributed by atoms with Gasteiger partial charge in [-0.05, 0) is 30.5 Å². The second-order valence-corrected chi connectivity index (χ2v) is 7.25. The summed E-state index contributed by atoms with van der Waals surface area (Å²) in [7, 11) is 0. The first-order chi connectivity index (χ1) is 13.0. The van der Waals surface area contributed by atoms with E-state index < -0.39 is 17.7 Å². The van der Waals surface area contributed by atoms with E-state index in [1.807, 2.05) is 0 Å². The van der Waals surface area contributed by atoms with Crippen molar-refractivity contribution in [1.82, 2.24) is 5.32 Å². The molecule has 3 rings (SSSR count). The summed E-state index contributed by atoms with van der Waals surface area (Å²) in [5.74, 6) is -2.68. The van der Waals surface area contributed by atoms with Gasteiger partial charge < -0.3 is 15.4 Å². The zero-order chi connectivity index (χ0) is 19.2. The highest BCUT2D eigenvalue weighted by atomic mass is 19.1. The predicted molar refractivity (Wildman–Crippen MR) is 97.6 cm³/mol. The highest BCUT2D eigenvalue weighted by Gasteiger charge is 2.32. The molecule has 0 aromatic heterocycles. The number of benzene rings is 1. The standard InChI is InChI=1S/C20H25FN2O4/c21-13-8-9-15-16(11-18(24)23-17(15)10-13)20(26)27-12-19(25)22-14-6-4-2-1-3-5-7-14/h8-10,14,16H,1-7,11-12H2,(H,22,25)(H,23,24). The molecule has 1 unspecified atom stereocenters. The maximum atomic E-state index is 13.4. The van der Waals surface area contributed by atoms with Crippen LogP contribution in [0.4, 0.5) is 10.1 Å². The fourth-order valence-electron chi connectivity index (χ4n) is 3.75. The fraction of sp³-hybridized carbons (Fsp3) is 0.550. The van der Waals surface area contributed by atoms with Crippen molar-refractivity contribution in [3.05, 3.63) is 29.6 Å². The molecule has 0 bridgehead atoms. The van der Waals surface area contributed by atoms with E-state index in [4.69, 9.17) is 4.74 Å². The van der Waals surface area contributed by atoms with Gasteiger partial charge >= 0.3 is 5.97 Å². The summed E-state index contributed by atoms with van der Waals surface area (Å²) < 4.78 is 18.5. The lowest BCUT2D eigenvalue weighted by Gasteiger charge is -2.24. The third kappa shape index (κ3) is 5.28. The van der Waals surface area contributed by atoms with Gasteiger partial charge in [0.1, 0.15) is 5.82 Å². The van der Waals surface area contributed by atoms with Gasteiger partial charge in [-0.3, -0.25) is 14.4 Å². The van der Waals surface area contributed by atoms with Crippen LogP contribution in [0.1, 0.15) is 62.8 Å². The van der Waals surface area contributed by atoms with Crippen LogP contribution in [-0.2, 0) is 19.1 Å². The SMILES string of the molecule is O=C1CC(C(=O)OCC(=O)NC2CCCCCCC2)c2ccc(F)cc2N1. The number of rotatable bonds is 4. The molecule has 1 fully saturated rings. The van der Waals surface area contributed by atoms with Crippen molar-refractivity contribution in [2.24, 2.45) is 0 Å². The van der Waals surface area contributed by atoms with Gasteiger partial charge in [0.25, 0.3) is 5.91 Å². The topological polar surface area (TPSA) is 84.5 Å². The van der Waals surface area contributed by atoms with E-state index in [-0.39, 0.29) is 36.6 Å². The van der Waals surface area contributed by atoms with Crippen LogP contribution in [0.15, 0.2) is 18.2 Å². The van der Waals surface area contributed by atoms with Crippen LogP contribution >= 0.6 is 0 Å². The molecule has 27 heavy (non-hydrogen) atoms. The van der Waals surface area contributed by atoms with Crippen molar-refractivity contribution in [2.45, 2.75) is 63.3 Å². The first kappa shape index (κ1) is 19.3. The summed E-state index contributed by atoms with van der Waals surface area (Å²) >= 11 is 0. The monoisotopic (exact) mass is 376 g/mol. The molecular weight excluding hydrogens is 351 g/mol. The summed E-state index contributed by atoms with van der Waals surface area (Å²) in [4.78, 5) is 36.3. The van der Waals surface area contributed by atoms with Crippen molar-refractivity contribution in [1.29, 1.82) is 0 Å². The molecule has 0 radical (unpaired) electrons. The van der Waals surface area contributed by atoms with E-state index in [0.29, 0.717) is 5.56 Å². The van der Waals surface area contributed by atoms with Crippen molar-refractivity contribution in [3.8, 4) is 0 Å². The van der Waals surface area contributed by atoms with E-state index in [9.17, 15) is 18.8 Å². The third-order valence-corrected chi connectivity index (χ3v) is 5.15. The first-order valence-electron chi connectivity index (χ1n) is 9.58. The minimum Gasteiger partial charge on any atom is -0.455 e. The average Bonchev–Trinajstić information content (AvgIpc) is 2.60. The minimum atomic E-state index is -0.830. The lowest BCUT2D eigenvalue weighted by molar-refractivity contribution is -0.151. The lowest BCUT2D eigenvalue weighted by Crippen LogP contribution is -2.38. The highest BCUT2D eigenvalue weighted by molar-refractivity contribution is 6.00. The number of carbonyl (C=O) groups excluding carboxylic acids is 3. The number of nitrogens with one attached hydrogen (secondary N) is 2. The van der Waals surface area contributed by atoms with Gasteiger partial charge in [0.05, 0.1) is 5.92 Å². The van der Waals surface area contributed by atoms with Crippen LogP contribution in [0.5, 0.6) is 0 Å². The van der Waals surface area contributed by atoms with Crippen LogP contribution in [0.3, 0.4) is 0 Å². The van der Waals surface area contributed by atoms with E-state index in [1.165, 1.54) is 37.5 Å². The van der Waals surface area contributed by atoms with Crippen molar-refractivity contribution >= 4 is 23.5 Å². The third-order valence-electron chi connectivity index (χ3n) is 5.15. The number of halogens is 1. The molecule has 7 heteroatoms. The first-order valence-corrected chi connectivity index (χ1v) is 9.58. The maximum absolute atomic E-state index is 13.4. The molecule has 1 aliphatic carbocycles. The smallest absolute Gasteiger partial charge is 0.314 e. The van der Waals surface area contributed by atoms with Crippen LogP contribution in [0, 0.1) is 5.82 Å². The van der Waals surface area contributed by atoms with Crippen LogP contribution in [0.25, 0.3) is 0 Å². The summed E-state index contributed by atoms with van der Waals surface area (Å²) in [5.41, 5.74) is 0.772. The number of hydrogen-bond acceptors (Lipinski definition) is 4. The number of amides is 2. The molecule has 1 aromatic carbocycles. The van der Waals surface area contributed by atoms with Gasteiger partial charge in [0.2, 0.25) is 5.91 Å². The van der Waals surface area contributed by atoms with Crippen molar-refractivity contribution < 1.29 is 23.5 Å². The van der Waals surface area contributed by atoms with Gasteiger partial charge in [-0.15, -0.1) is 0 Å². The molecule has 1 aromatic rings. The molecule has 2 amide bonds. The van der Waals surface area contributed by atoms with E-state index >= 15 is 0 Å². The number of esters is 1. The Morgan fingerprint density at radius 2 is 1.85 bits per heavy atom. The average molecular weight is 376 g/mol. The Balaban J connectivity index is 1.54. The highest BCUT2D eigenvalue weighted by Crippen LogP contribution is 2.33. The molecule has 146 valence electrons. The van der Waals surface area contributed by atoms with E-state index in [0.717, 1.165) is 25.7 Å². The largest absolute Gasteiger partial charge is 0.455 e. The number of anilines is 1.